The molecule has 0 aromatic heterocycles. The molecule has 0 saturated heterocycles. The SMILES string of the molecule is O=C(O)C(O)(c1ccccc1)C1(O)CCCCC1. The summed E-state index contributed by atoms with van der Waals surface area (Å²) in [4.78, 5) is 11.5. The van der Waals surface area contributed by atoms with Crippen molar-refractivity contribution in [1.29, 1.82) is 0 Å². The lowest BCUT2D eigenvalue weighted by atomic mass is 9.69. The van der Waals surface area contributed by atoms with Gasteiger partial charge in [0.2, 0.25) is 5.60 Å². The van der Waals surface area contributed by atoms with Gasteiger partial charge >= 0.3 is 5.97 Å². The van der Waals surface area contributed by atoms with Gasteiger partial charge in [-0.15, -0.1) is 0 Å². The maximum absolute atomic E-state index is 11.5. The van der Waals surface area contributed by atoms with E-state index in [0.717, 1.165) is 19.3 Å². The molecule has 2 rings (SSSR count). The minimum Gasteiger partial charge on any atom is -0.479 e. The molecule has 0 bridgehead atoms. The Hall–Kier alpha value is -1.39. The number of carbonyl (C=O) groups is 1. The number of benzene rings is 1. The van der Waals surface area contributed by atoms with E-state index in [9.17, 15) is 20.1 Å². The molecule has 0 heterocycles. The largest absolute Gasteiger partial charge is 0.479 e. The van der Waals surface area contributed by atoms with Gasteiger partial charge in [-0.25, -0.2) is 4.79 Å². The highest BCUT2D eigenvalue weighted by molar-refractivity contribution is 5.81. The minimum absolute atomic E-state index is 0.238. The second kappa shape index (κ2) is 4.71. The fourth-order valence-corrected chi connectivity index (χ4v) is 2.77. The van der Waals surface area contributed by atoms with E-state index in [1.165, 1.54) is 0 Å². The molecule has 0 radical (unpaired) electrons. The molecule has 4 heteroatoms. The number of rotatable bonds is 3. The summed E-state index contributed by atoms with van der Waals surface area (Å²) in [5.41, 5.74) is -3.57. The fourth-order valence-electron chi connectivity index (χ4n) is 2.77. The Labute approximate surface area is 106 Å². The van der Waals surface area contributed by atoms with Crippen LogP contribution in [0.1, 0.15) is 37.7 Å². The summed E-state index contributed by atoms with van der Waals surface area (Å²) in [7, 11) is 0. The second-order valence-electron chi connectivity index (χ2n) is 4.97. The molecule has 1 aliphatic carbocycles. The molecule has 1 aliphatic rings. The molecule has 1 fully saturated rings. The topological polar surface area (TPSA) is 77.8 Å². The van der Waals surface area contributed by atoms with Gasteiger partial charge < -0.3 is 15.3 Å². The van der Waals surface area contributed by atoms with Crippen LogP contribution in [0.25, 0.3) is 0 Å². The lowest BCUT2D eigenvalue weighted by molar-refractivity contribution is -0.203. The van der Waals surface area contributed by atoms with Crippen molar-refractivity contribution < 1.29 is 20.1 Å². The average Bonchev–Trinajstić information content (AvgIpc) is 2.39. The van der Waals surface area contributed by atoms with Gasteiger partial charge in [0, 0.05) is 0 Å². The van der Waals surface area contributed by atoms with Crippen LogP contribution in [0.4, 0.5) is 0 Å². The minimum atomic E-state index is -2.23. The number of aliphatic hydroxyl groups is 2. The Bertz CT molecular complexity index is 423. The molecule has 4 nitrogen and oxygen atoms in total. The van der Waals surface area contributed by atoms with Gasteiger partial charge in [-0.1, -0.05) is 49.6 Å². The van der Waals surface area contributed by atoms with Gasteiger partial charge in [0.15, 0.2) is 0 Å². The van der Waals surface area contributed by atoms with E-state index in [1.54, 1.807) is 30.3 Å². The summed E-state index contributed by atoms with van der Waals surface area (Å²) < 4.78 is 0. The lowest BCUT2D eigenvalue weighted by Gasteiger charge is -2.43. The van der Waals surface area contributed by atoms with Crippen LogP contribution in [0.2, 0.25) is 0 Å². The number of aliphatic carboxylic acids is 1. The van der Waals surface area contributed by atoms with Gasteiger partial charge in [0.05, 0.1) is 0 Å². The number of hydrogen-bond acceptors (Lipinski definition) is 3. The highest BCUT2D eigenvalue weighted by Gasteiger charge is 2.56. The number of hydrogen-bond donors (Lipinski definition) is 3. The van der Waals surface area contributed by atoms with Crippen LogP contribution in [0.3, 0.4) is 0 Å². The van der Waals surface area contributed by atoms with E-state index in [2.05, 4.69) is 0 Å². The van der Waals surface area contributed by atoms with E-state index in [-0.39, 0.29) is 5.56 Å². The number of carboxylic acids is 1. The fraction of sp³-hybridized carbons (Fsp3) is 0.500. The molecule has 1 atom stereocenters. The Morgan fingerprint density at radius 3 is 2.17 bits per heavy atom. The number of carboxylic acid groups (broad SMARTS) is 1. The van der Waals surface area contributed by atoms with Crippen molar-refractivity contribution in [3.8, 4) is 0 Å². The molecule has 0 amide bonds. The van der Waals surface area contributed by atoms with Crippen LogP contribution in [0, 0.1) is 0 Å². The van der Waals surface area contributed by atoms with Gasteiger partial charge in [-0.2, -0.15) is 0 Å². The zero-order valence-corrected chi connectivity index (χ0v) is 10.2. The third-order valence-corrected chi connectivity index (χ3v) is 3.86. The summed E-state index contributed by atoms with van der Waals surface area (Å²) in [6.07, 6.45) is 3.06. The predicted molar refractivity (Wildman–Crippen MR) is 66.0 cm³/mol. The first kappa shape index (κ1) is 13.1. The molecular weight excluding hydrogens is 232 g/mol. The van der Waals surface area contributed by atoms with E-state index >= 15 is 0 Å². The molecule has 1 unspecified atom stereocenters. The van der Waals surface area contributed by atoms with E-state index in [1.807, 2.05) is 0 Å². The van der Waals surface area contributed by atoms with Crippen molar-refractivity contribution in [3.63, 3.8) is 0 Å². The molecule has 18 heavy (non-hydrogen) atoms. The van der Waals surface area contributed by atoms with Crippen molar-refractivity contribution in [1.82, 2.24) is 0 Å². The maximum atomic E-state index is 11.5. The summed E-state index contributed by atoms with van der Waals surface area (Å²) in [5.74, 6) is -1.39. The molecular formula is C14H18O4. The molecule has 3 N–H and O–H groups in total. The third-order valence-electron chi connectivity index (χ3n) is 3.86. The molecule has 1 saturated carbocycles. The smallest absolute Gasteiger partial charge is 0.343 e. The standard InChI is InChI=1S/C14H18O4/c15-12(16)14(18,11-7-3-1-4-8-11)13(17)9-5-2-6-10-13/h1,3-4,7-8,17-18H,2,5-6,9-10H2,(H,15,16). The normalized spacial score (nSPS) is 22.1. The molecule has 1 aromatic carbocycles. The van der Waals surface area contributed by atoms with Crippen LogP contribution in [-0.4, -0.2) is 26.9 Å². The molecule has 98 valence electrons. The zero-order valence-electron chi connectivity index (χ0n) is 10.2. The monoisotopic (exact) mass is 250 g/mol. The van der Waals surface area contributed by atoms with Gasteiger partial charge in [0.1, 0.15) is 5.60 Å². The first-order valence-electron chi connectivity index (χ1n) is 6.24. The Morgan fingerprint density at radius 1 is 1.11 bits per heavy atom. The van der Waals surface area contributed by atoms with Crippen molar-refractivity contribution in [3.05, 3.63) is 35.9 Å². The zero-order chi connectivity index (χ0) is 13.2. The van der Waals surface area contributed by atoms with Gasteiger partial charge in [-0.05, 0) is 18.4 Å². The Kier molecular flexibility index (Phi) is 3.41. The van der Waals surface area contributed by atoms with Crippen molar-refractivity contribution >= 4 is 5.97 Å². The summed E-state index contributed by atoms with van der Waals surface area (Å²) in [5, 5.41) is 30.6. The predicted octanol–water partition coefficient (Wildman–Crippen LogP) is 1.65. The van der Waals surface area contributed by atoms with E-state index in [0.29, 0.717) is 12.8 Å². The van der Waals surface area contributed by atoms with Crippen LogP contribution in [0.15, 0.2) is 30.3 Å². The highest BCUT2D eigenvalue weighted by atomic mass is 16.4. The first-order valence-corrected chi connectivity index (χ1v) is 6.24. The molecule has 1 aromatic rings. The van der Waals surface area contributed by atoms with Gasteiger partial charge in [-0.3, -0.25) is 0 Å². The Balaban J connectivity index is 2.47. The molecule has 0 aliphatic heterocycles. The quantitative estimate of drug-likeness (QED) is 0.762. The first-order chi connectivity index (χ1) is 8.51. The van der Waals surface area contributed by atoms with Crippen LogP contribution in [0.5, 0.6) is 0 Å². The van der Waals surface area contributed by atoms with E-state index in [4.69, 9.17) is 0 Å². The summed E-state index contributed by atoms with van der Waals surface area (Å²) in [6.45, 7) is 0. The third kappa shape index (κ3) is 1.91. The highest BCUT2D eigenvalue weighted by Crippen LogP contribution is 2.43. The van der Waals surface area contributed by atoms with Gasteiger partial charge in [0.25, 0.3) is 0 Å². The summed E-state index contributed by atoms with van der Waals surface area (Å²) >= 11 is 0. The second-order valence-corrected chi connectivity index (χ2v) is 4.97. The van der Waals surface area contributed by atoms with Crippen LogP contribution in [-0.2, 0) is 10.4 Å². The van der Waals surface area contributed by atoms with Crippen molar-refractivity contribution in [2.75, 3.05) is 0 Å². The Morgan fingerprint density at radius 2 is 1.67 bits per heavy atom. The van der Waals surface area contributed by atoms with Crippen molar-refractivity contribution in [2.45, 2.75) is 43.3 Å². The molecule has 0 spiro atoms. The lowest BCUT2D eigenvalue weighted by Crippen LogP contribution is -2.57. The van der Waals surface area contributed by atoms with E-state index < -0.39 is 17.2 Å². The van der Waals surface area contributed by atoms with Crippen LogP contribution >= 0.6 is 0 Å². The van der Waals surface area contributed by atoms with Crippen molar-refractivity contribution in [2.24, 2.45) is 0 Å². The maximum Gasteiger partial charge on any atom is 0.343 e. The van der Waals surface area contributed by atoms with Crippen LogP contribution < -0.4 is 0 Å². The average molecular weight is 250 g/mol. The summed E-state index contributed by atoms with van der Waals surface area (Å²) in [6, 6.07) is 8.16.